The smallest absolute Gasteiger partial charge is 0.249 e. The van der Waals surface area contributed by atoms with E-state index < -0.39 is 44.0 Å². The van der Waals surface area contributed by atoms with Crippen LogP contribution in [0.5, 0.6) is 0 Å². The van der Waals surface area contributed by atoms with Crippen LogP contribution in [-0.4, -0.2) is 38.6 Å². The Kier molecular flexibility index (Phi) is 5.69. The van der Waals surface area contributed by atoms with Crippen LogP contribution in [0.4, 0.5) is 27.6 Å². The lowest BCUT2D eigenvalue weighted by molar-refractivity contribution is 0.0985. The molecule has 2 aliphatic heterocycles. The van der Waals surface area contributed by atoms with Gasteiger partial charge in [0.25, 0.3) is 0 Å². The minimum absolute atomic E-state index is 0.108. The van der Waals surface area contributed by atoms with E-state index in [0.29, 0.717) is 26.2 Å². The number of nitrogens with zero attached hydrogens (tertiary/aromatic N) is 2. The molecule has 1 fully saturated rings. The average Bonchev–Trinajstić information content (AvgIpc) is 2.76. The van der Waals surface area contributed by atoms with Crippen molar-refractivity contribution in [2.24, 2.45) is 0 Å². The summed E-state index contributed by atoms with van der Waals surface area (Å²) in [5.74, 6) is -11.7. The van der Waals surface area contributed by atoms with Gasteiger partial charge in [0, 0.05) is 30.4 Å². The van der Waals surface area contributed by atoms with E-state index in [1.54, 1.807) is 0 Å². The molecule has 2 aromatic rings. The summed E-state index contributed by atoms with van der Waals surface area (Å²) in [7, 11) is -4.92. The second-order valence-corrected chi connectivity index (χ2v) is 9.44. The number of para-hydroxylation sites is 1. The molecule has 4 rings (SSSR count). The summed E-state index contributed by atoms with van der Waals surface area (Å²) < 4.78 is 100. The molecule has 0 amide bonds. The van der Waals surface area contributed by atoms with Crippen molar-refractivity contribution in [2.45, 2.75) is 37.3 Å². The lowest BCUT2D eigenvalue weighted by Crippen LogP contribution is -2.49. The van der Waals surface area contributed by atoms with Crippen molar-refractivity contribution in [1.29, 1.82) is 0 Å². The van der Waals surface area contributed by atoms with Crippen LogP contribution in [0.15, 0.2) is 23.1 Å². The number of aryl methyl sites for hydroxylation is 1. The Hall–Kier alpha value is -2.24. The van der Waals surface area contributed by atoms with Gasteiger partial charge >= 0.3 is 0 Å². The van der Waals surface area contributed by atoms with Gasteiger partial charge in [0.15, 0.2) is 28.2 Å². The van der Waals surface area contributed by atoms with E-state index in [-0.39, 0.29) is 19.1 Å². The van der Waals surface area contributed by atoms with Crippen LogP contribution < -0.4 is 4.90 Å². The molecule has 168 valence electrons. The van der Waals surface area contributed by atoms with Crippen LogP contribution >= 0.6 is 0 Å². The highest BCUT2D eigenvalue weighted by Gasteiger charge is 2.39. The Morgan fingerprint density at radius 2 is 1.52 bits per heavy atom. The van der Waals surface area contributed by atoms with Crippen molar-refractivity contribution in [2.75, 3.05) is 24.7 Å². The van der Waals surface area contributed by atoms with Crippen LogP contribution in [0.1, 0.15) is 24.0 Å². The van der Waals surface area contributed by atoms with Gasteiger partial charge in [-0.05, 0) is 25.3 Å². The first-order valence-corrected chi connectivity index (χ1v) is 11.0. The molecule has 0 spiro atoms. The normalized spacial score (nSPS) is 18.3. The predicted molar refractivity (Wildman–Crippen MR) is 101 cm³/mol. The van der Waals surface area contributed by atoms with Gasteiger partial charge in [-0.3, -0.25) is 0 Å². The molecule has 2 aliphatic rings. The van der Waals surface area contributed by atoms with E-state index in [9.17, 15) is 30.4 Å². The summed E-state index contributed by atoms with van der Waals surface area (Å²) in [5.41, 5.74) is 3.05. The summed E-state index contributed by atoms with van der Waals surface area (Å²) in [4.78, 5) is 0.209. The van der Waals surface area contributed by atoms with Gasteiger partial charge in [0.05, 0.1) is 6.61 Å². The van der Waals surface area contributed by atoms with Crippen LogP contribution in [-0.2, 0) is 21.4 Å². The number of piperidine rings is 1. The quantitative estimate of drug-likeness (QED) is 0.395. The van der Waals surface area contributed by atoms with Crippen LogP contribution in [0.3, 0.4) is 0 Å². The molecule has 0 aromatic heterocycles. The molecule has 0 N–H and O–H groups in total. The molecule has 31 heavy (non-hydrogen) atoms. The molecule has 0 atom stereocenters. The second-order valence-electron chi connectivity index (χ2n) is 7.56. The SMILES string of the molecule is Cc1cccc2c1N(C1CCN(S(=O)(=O)c3c(F)c(F)c(F)c(F)c3F)CC1)COC2. The number of hydrogen-bond donors (Lipinski definition) is 0. The highest BCUT2D eigenvalue weighted by molar-refractivity contribution is 7.89. The molecule has 5 nitrogen and oxygen atoms in total. The maximum absolute atomic E-state index is 14.1. The average molecular weight is 462 g/mol. The largest absolute Gasteiger partial charge is 0.356 e. The molecule has 0 aliphatic carbocycles. The number of hydrogen-bond acceptors (Lipinski definition) is 4. The molecule has 2 aromatic carbocycles. The van der Waals surface area contributed by atoms with Crippen molar-refractivity contribution < 1.29 is 35.1 Å². The first-order chi connectivity index (χ1) is 14.6. The van der Waals surface area contributed by atoms with E-state index >= 15 is 0 Å². The van der Waals surface area contributed by atoms with Crippen LogP contribution in [0, 0.1) is 36.0 Å². The zero-order chi connectivity index (χ0) is 22.5. The van der Waals surface area contributed by atoms with E-state index in [1.165, 1.54) is 0 Å². The van der Waals surface area contributed by atoms with Gasteiger partial charge in [0.2, 0.25) is 15.8 Å². The van der Waals surface area contributed by atoms with Crippen LogP contribution in [0.25, 0.3) is 0 Å². The van der Waals surface area contributed by atoms with Crippen molar-refractivity contribution in [3.05, 3.63) is 58.4 Å². The molecule has 0 saturated carbocycles. The maximum Gasteiger partial charge on any atom is 0.249 e. The van der Waals surface area contributed by atoms with Crippen molar-refractivity contribution in [1.82, 2.24) is 4.31 Å². The zero-order valence-electron chi connectivity index (χ0n) is 16.5. The second kappa shape index (κ2) is 8.03. The number of benzene rings is 2. The summed E-state index contributed by atoms with van der Waals surface area (Å²) in [5, 5.41) is 0. The Morgan fingerprint density at radius 3 is 2.13 bits per heavy atom. The lowest BCUT2D eigenvalue weighted by atomic mass is 10.00. The number of halogens is 5. The molecule has 0 radical (unpaired) electrons. The van der Waals surface area contributed by atoms with Crippen molar-refractivity contribution >= 4 is 15.7 Å². The fourth-order valence-corrected chi connectivity index (χ4v) is 5.77. The van der Waals surface area contributed by atoms with Gasteiger partial charge in [-0.15, -0.1) is 0 Å². The molecule has 1 saturated heterocycles. The fourth-order valence-electron chi connectivity index (χ4n) is 4.19. The molecular formula is C20H19F5N2O3S. The number of fused-ring (bicyclic) bond motifs is 1. The molecule has 0 unspecified atom stereocenters. The standard InChI is InChI=1S/C20H19F5N2O3S/c1-11-3-2-4-12-9-30-10-27(19(11)12)13-5-7-26(8-6-13)31(28,29)20-17(24)15(22)14(21)16(23)18(20)25/h2-4,13H,5-10H2,1H3. The first kappa shape index (κ1) is 22.0. The molecule has 0 bridgehead atoms. The van der Waals surface area contributed by atoms with Gasteiger partial charge < -0.3 is 9.64 Å². The highest BCUT2D eigenvalue weighted by Crippen LogP contribution is 2.35. The summed E-state index contributed by atoms with van der Waals surface area (Å²) >= 11 is 0. The third-order valence-electron chi connectivity index (χ3n) is 5.73. The number of anilines is 1. The topological polar surface area (TPSA) is 49.9 Å². The number of ether oxygens (including phenoxy) is 1. The maximum atomic E-state index is 14.1. The first-order valence-electron chi connectivity index (χ1n) is 9.59. The van der Waals surface area contributed by atoms with Gasteiger partial charge in [-0.25, -0.2) is 30.4 Å². The molecular weight excluding hydrogens is 443 g/mol. The van der Waals surface area contributed by atoms with Crippen LogP contribution in [0.2, 0.25) is 0 Å². The third-order valence-corrected chi connectivity index (χ3v) is 7.65. The number of sulfonamides is 1. The lowest BCUT2D eigenvalue weighted by Gasteiger charge is -2.42. The minimum Gasteiger partial charge on any atom is -0.356 e. The van der Waals surface area contributed by atoms with Gasteiger partial charge in [-0.2, -0.15) is 4.31 Å². The Labute approximate surface area is 176 Å². The zero-order valence-corrected chi connectivity index (χ0v) is 17.3. The summed E-state index contributed by atoms with van der Waals surface area (Å²) in [6, 6.07) is 5.71. The van der Waals surface area contributed by atoms with Gasteiger partial charge in [0.1, 0.15) is 6.73 Å². The summed E-state index contributed by atoms with van der Waals surface area (Å²) in [6.07, 6.45) is 0.595. The molecule has 2 heterocycles. The van der Waals surface area contributed by atoms with E-state index in [4.69, 9.17) is 4.74 Å². The monoisotopic (exact) mass is 462 g/mol. The Balaban J connectivity index is 1.58. The van der Waals surface area contributed by atoms with E-state index in [2.05, 4.69) is 0 Å². The van der Waals surface area contributed by atoms with Crippen molar-refractivity contribution in [3.63, 3.8) is 0 Å². The Morgan fingerprint density at radius 1 is 0.935 bits per heavy atom. The van der Waals surface area contributed by atoms with E-state index in [1.807, 2.05) is 30.0 Å². The molecule has 11 heteroatoms. The minimum atomic E-state index is -4.92. The predicted octanol–water partition coefficient (Wildman–Crippen LogP) is 3.84. The third kappa shape index (κ3) is 3.58. The number of rotatable bonds is 3. The van der Waals surface area contributed by atoms with Crippen molar-refractivity contribution in [3.8, 4) is 0 Å². The highest BCUT2D eigenvalue weighted by atomic mass is 32.2. The summed E-state index contributed by atoms with van der Waals surface area (Å²) in [6.45, 7) is 2.46. The Bertz CT molecular complexity index is 1110. The fraction of sp³-hybridized carbons (Fsp3) is 0.400. The van der Waals surface area contributed by atoms with Gasteiger partial charge in [-0.1, -0.05) is 18.2 Å². The van der Waals surface area contributed by atoms with E-state index in [0.717, 1.165) is 21.1 Å².